The summed E-state index contributed by atoms with van der Waals surface area (Å²) in [4.78, 5) is 1.55. The molecule has 0 unspecified atom stereocenters. The van der Waals surface area contributed by atoms with Gasteiger partial charge in [0, 0.05) is 13.0 Å². The van der Waals surface area contributed by atoms with Gasteiger partial charge < -0.3 is 5.73 Å². The van der Waals surface area contributed by atoms with Gasteiger partial charge in [0.2, 0.25) is 0 Å². The lowest BCUT2D eigenvalue weighted by atomic mass is 10.1. The first-order valence-electron chi connectivity index (χ1n) is 4.69. The Hall–Kier alpha value is -0.970. The van der Waals surface area contributed by atoms with Gasteiger partial charge in [-0.25, -0.2) is 0 Å². The van der Waals surface area contributed by atoms with Crippen LogP contribution in [0.3, 0.4) is 0 Å². The second-order valence-electron chi connectivity index (χ2n) is 3.52. The fraction of sp³-hybridized carbons (Fsp3) is 0.875. The van der Waals surface area contributed by atoms with Crippen molar-refractivity contribution in [2.45, 2.75) is 33.2 Å². The average Bonchev–Trinajstić information content (AvgIpc) is 2.50. The maximum Gasteiger partial charge on any atom is 0.174 e. The number of hydrogen-bond donors (Lipinski definition) is 1. The van der Waals surface area contributed by atoms with Crippen LogP contribution in [-0.4, -0.2) is 26.8 Å². The number of tetrazole rings is 1. The van der Waals surface area contributed by atoms with Gasteiger partial charge in [0.25, 0.3) is 0 Å². The van der Waals surface area contributed by atoms with Crippen molar-refractivity contribution in [2.75, 3.05) is 6.54 Å². The summed E-state index contributed by atoms with van der Waals surface area (Å²) in [7, 11) is 0. The van der Waals surface area contributed by atoms with Crippen LogP contribution < -0.4 is 5.73 Å². The van der Waals surface area contributed by atoms with Crippen LogP contribution in [0, 0.1) is 5.92 Å². The van der Waals surface area contributed by atoms with E-state index < -0.39 is 0 Å². The Labute approximate surface area is 78.3 Å². The quantitative estimate of drug-likeness (QED) is 0.709. The van der Waals surface area contributed by atoms with Gasteiger partial charge in [0.05, 0.1) is 6.54 Å². The lowest BCUT2D eigenvalue weighted by Gasteiger charge is -1.99. The highest BCUT2D eigenvalue weighted by Crippen LogP contribution is 2.03. The Balaban J connectivity index is 2.39. The highest BCUT2D eigenvalue weighted by Gasteiger charge is 2.02. The van der Waals surface area contributed by atoms with Gasteiger partial charge >= 0.3 is 0 Å². The molecule has 0 saturated heterocycles. The Morgan fingerprint density at radius 1 is 1.46 bits per heavy atom. The van der Waals surface area contributed by atoms with E-state index in [1.807, 2.05) is 0 Å². The molecule has 13 heavy (non-hydrogen) atoms. The van der Waals surface area contributed by atoms with Gasteiger partial charge in [-0.05, 0) is 17.6 Å². The van der Waals surface area contributed by atoms with E-state index in [0.29, 0.717) is 19.0 Å². The summed E-state index contributed by atoms with van der Waals surface area (Å²) >= 11 is 0. The van der Waals surface area contributed by atoms with Crippen LogP contribution in [0.2, 0.25) is 0 Å². The van der Waals surface area contributed by atoms with E-state index in [1.54, 1.807) is 4.80 Å². The summed E-state index contributed by atoms with van der Waals surface area (Å²) in [6.45, 7) is 5.57. The molecular formula is C8H17N5. The number of nitrogens with zero attached hydrogens (tertiary/aromatic N) is 4. The van der Waals surface area contributed by atoms with Crippen LogP contribution in [0.5, 0.6) is 0 Å². The van der Waals surface area contributed by atoms with Gasteiger partial charge in [0.1, 0.15) is 0 Å². The fourth-order valence-electron chi connectivity index (χ4n) is 1.00. The monoisotopic (exact) mass is 183 g/mol. The van der Waals surface area contributed by atoms with Crippen molar-refractivity contribution < 1.29 is 0 Å². The second-order valence-corrected chi connectivity index (χ2v) is 3.52. The Bertz CT molecular complexity index is 242. The van der Waals surface area contributed by atoms with Gasteiger partial charge in [0.15, 0.2) is 5.82 Å². The van der Waals surface area contributed by atoms with Gasteiger partial charge in [-0.2, -0.15) is 4.80 Å². The molecule has 0 aliphatic heterocycles. The topological polar surface area (TPSA) is 69.6 Å². The van der Waals surface area contributed by atoms with Crippen molar-refractivity contribution in [3.63, 3.8) is 0 Å². The molecule has 0 fully saturated rings. The minimum atomic E-state index is 0.556. The minimum absolute atomic E-state index is 0.556. The average molecular weight is 183 g/mol. The molecule has 0 spiro atoms. The van der Waals surface area contributed by atoms with Crippen LogP contribution in [-0.2, 0) is 13.0 Å². The summed E-state index contributed by atoms with van der Waals surface area (Å²) in [6, 6.07) is 0. The maximum atomic E-state index is 5.36. The summed E-state index contributed by atoms with van der Waals surface area (Å²) in [5, 5.41) is 12.0. The van der Waals surface area contributed by atoms with Gasteiger partial charge in [-0.1, -0.05) is 13.8 Å². The zero-order chi connectivity index (χ0) is 9.68. The zero-order valence-electron chi connectivity index (χ0n) is 8.27. The molecule has 0 radical (unpaired) electrons. The summed E-state index contributed by atoms with van der Waals surface area (Å²) in [5.41, 5.74) is 5.36. The molecule has 1 rings (SSSR count). The highest BCUT2D eigenvalue weighted by molar-refractivity contribution is 4.77. The molecule has 74 valence electrons. The Morgan fingerprint density at radius 2 is 2.23 bits per heavy atom. The molecule has 1 aromatic rings. The standard InChI is InChI=1S/C8H17N5/c1-7(2)3-4-8-10-12-13(11-8)6-5-9/h7H,3-6,9H2,1-2H3. The van der Waals surface area contributed by atoms with Crippen molar-refractivity contribution in [2.24, 2.45) is 11.7 Å². The summed E-state index contributed by atoms with van der Waals surface area (Å²) in [6.07, 6.45) is 2.01. The number of aryl methyl sites for hydroxylation is 1. The molecule has 5 heteroatoms. The highest BCUT2D eigenvalue weighted by atomic mass is 15.6. The maximum absolute atomic E-state index is 5.36. The van der Waals surface area contributed by atoms with E-state index >= 15 is 0 Å². The zero-order valence-corrected chi connectivity index (χ0v) is 8.27. The van der Waals surface area contributed by atoms with Crippen LogP contribution in [0.15, 0.2) is 0 Å². The molecule has 0 saturated carbocycles. The molecule has 1 aromatic heterocycles. The van der Waals surface area contributed by atoms with E-state index in [-0.39, 0.29) is 0 Å². The van der Waals surface area contributed by atoms with E-state index in [1.165, 1.54) is 0 Å². The van der Waals surface area contributed by atoms with Crippen LogP contribution in [0.1, 0.15) is 26.1 Å². The fourth-order valence-corrected chi connectivity index (χ4v) is 1.00. The third-order valence-corrected chi connectivity index (χ3v) is 1.77. The largest absolute Gasteiger partial charge is 0.329 e. The predicted molar refractivity (Wildman–Crippen MR) is 50.0 cm³/mol. The van der Waals surface area contributed by atoms with Gasteiger partial charge in [-0.3, -0.25) is 0 Å². The third kappa shape index (κ3) is 3.50. The van der Waals surface area contributed by atoms with Crippen molar-refractivity contribution in [3.05, 3.63) is 5.82 Å². The molecule has 2 N–H and O–H groups in total. The number of nitrogens with two attached hydrogens (primary N) is 1. The molecule has 0 aliphatic carbocycles. The predicted octanol–water partition coefficient (Wildman–Crippen LogP) is 0.220. The third-order valence-electron chi connectivity index (χ3n) is 1.77. The van der Waals surface area contributed by atoms with E-state index in [4.69, 9.17) is 5.73 Å². The lowest BCUT2D eigenvalue weighted by molar-refractivity contribution is 0.525. The van der Waals surface area contributed by atoms with Gasteiger partial charge in [-0.15, -0.1) is 10.2 Å². The molecule has 0 atom stereocenters. The summed E-state index contributed by atoms with van der Waals surface area (Å²) in [5.74, 6) is 1.50. The molecule has 0 aromatic carbocycles. The van der Waals surface area contributed by atoms with Crippen LogP contribution in [0.25, 0.3) is 0 Å². The summed E-state index contributed by atoms with van der Waals surface area (Å²) < 4.78 is 0. The Morgan fingerprint density at radius 3 is 2.85 bits per heavy atom. The first kappa shape index (κ1) is 10.1. The molecule has 0 aliphatic rings. The number of hydrogen-bond acceptors (Lipinski definition) is 4. The molecule has 5 nitrogen and oxygen atoms in total. The molecule has 0 amide bonds. The number of rotatable bonds is 5. The number of aromatic nitrogens is 4. The van der Waals surface area contributed by atoms with Crippen molar-refractivity contribution >= 4 is 0 Å². The smallest absolute Gasteiger partial charge is 0.174 e. The van der Waals surface area contributed by atoms with Crippen LogP contribution >= 0.6 is 0 Å². The van der Waals surface area contributed by atoms with E-state index in [2.05, 4.69) is 29.3 Å². The first-order valence-corrected chi connectivity index (χ1v) is 4.69. The molecular weight excluding hydrogens is 166 g/mol. The van der Waals surface area contributed by atoms with E-state index in [0.717, 1.165) is 18.7 Å². The normalized spacial score (nSPS) is 11.1. The molecule has 1 heterocycles. The first-order chi connectivity index (χ1) is 6.22. The van der Waals surface area contributed by atoms with Crippen LogP contribution in [0.4, 0.5) is 0 Å². The SMILES string of the molecule is CC(C)CCc1nnn(CCN)n1. The lowest BCUT2D eigenvalue weighted by Crippen LogP contribution is -2.12. The van der Waals surface area contributed by atoms with Crippen molar-refractivity contribution in [1.29, 1.82) is 0 Å². The molecule has 0 bridgehead atoms. The van der Waals surface area contributed by atoms with Crippen molar-refractivity contribution in [1.82, 2.24) is 20.2 Å². The Kier molecular flexibility index (Phi) is 3.82. The van der Waals surface area contributed by atoms with Crippen molar-refractivity contribution in [3.8, 4) is 0 Å². The second kappa shape index (κ2) is 4.91. The minimum Gasteiger partial charge on any atom is -0.329 e. The van der Waals surface area contributed by atoms with E-state index in [9.17, 15) is 0 Å².